The van der Waals surface area contributed by atoms with E-state index in [2.05, 4.69) is 26.5 Å². The van der Waals surface area contributed by atoms with Gasteiger partial charge in [0, 0.05) is 0 Å². The summed E-state index contributed by atoms with van der Waals surface area (Å²) >= 11 is 0.837. The zero-order chi connectivity index (χ0) is 27.5. The molecule has 3 fully saturated rings. The summed E-state index contributed by atoms with van der Waals surface area (Å²) in [5.74, 6) is 1.67. The van der Waals surface area contributed by atoms with E-state index in [1.165, 1.54) is 11.6 Å². The Kier molecular flexibility index (Phi) is 6.82. The molecule has 2 bridgehead atoms. The van der Waals surface area contributed by atoms with Crippen LogP contribution < -0.4 is 19.7 Å². The first-order valence-corrected chi connectivity index (χ1v) is 16.7. The fourth-order valence-electron chi connectivity index (χ4n) is 6.26. The van der Waals surface area contributed by atoms with Crippen LogP contribution in [0, 0.1) is 12.7 Å². The van der Waals surface area contributed by atoms with Crippen LogP contribution in [0.25, 0.3) is 32.9 Å². The number of fused-ring (bicyclic) bond motifs is 4. The molecule has 1 aliphatic carbocycles. The molecule has 4 heterocycles. The minimum absolute atomic E-state index is 0.107. The number of aromatic amines is 1. The maximum atomic E-state index is 15.3. The molecule has 0 spiro atoms. The second kappa shape index (κ2) is 10.4. The van der Waals surface area contributed by atoms with Crippen molar-refractivity contribution in [1.82, 2.24) is 25.5 Å². The summed E-state index contributed by atoms with van der Waals surface area (Å²) in [5, 5.41) is 12.7. The van der Waals surface area contributed by atoms with Crippen LogP contribution in [0.1, 0.15) is 43.2 Å². The summed E-state index contributed by atoms with van der Waals surface area (Å²) in [7, 11) is 1.66. The Morgan fingerprint density at radius 2 is 2.02 bits per heavy atom. The first-order valence-electron chi connectivity index (χ1n) is 13.9. The number of nitrogens with zero attached hydrogens (tertiary/aromatic N) is 4. The molecule has 4 aromatic rings. The molecule has 3 atom stereocenters. The molecule has 2 aliphatic heterocycles. The number of halogens is 1. The topological polar surface area (TPSA) is 97.4 Å². The van der Waals surface area contributed by atoms with Crippen molar-refractivity contribution < 1.29 is 18.6 Å². The number of anilines is 1. The molecule has 11 heteroatoms. The predicted molar refractivity (Wildman–Crippen MR) is 152 cm³/mol. The van der Waals surface area contributed by atoms with Gasteiger partial charge in [0.25, 0.3) is 0 Å². The zero-order valence-electron chi connectivity index (χ0n) is 22.9. The summed E-state index contributed by atoms with van der Waals surface area (Å²) < 4.78 is 34.0. The fraction of sp³-hybridized carbons (Fsp3) is 0.483. The van der Waals surface area contributed by atoms with Crippen LogP contribution >= 0.6 is 0 Å². The van der Waals surface area contributed by atoms with Gasteiger partial charge in [-0.1, -0.05) is 0 Å². The number of hydrogen-bond acceptors (Lipinski definition) is 8. The van der Waals surface area contributed by atoms with Gasteiger partial charge in [0.2, 0.25) is 0 Å². The monoisotopic (exact) mass is 739 g/mol. The van der Waals surface area contributed by atoms with Gasteiger partial charge in [0.1, 0.15) is 0 Å². The Morgan fingerprint density at radius 3 is 2.73 bits per heavy atom. The molecule has 3 unspecified atom stereocenters. The van der Waals surface area contributed by atoms with Gasteiger partial charge >= 0.3 is 249 Å². The van der Waals surface area contributed by atoms with Crippen molar-refractivity contribution in [1.29, 1.82) is 0 Å². The Morgan fingerprint density at radius 1 is 1.18 bits per heavy atom. The Bertz CT molecular complexity index is 1610. The predicted octanol–water partition coefficient (Wildman–Crippen LogP) is 3.97. The number of methoxy groups -OCH3 is 1. The van der Waals surface area contributed by atoms with Crippen molar-refractivity contribution in [3.05, 3.63) is 35.3 Å². The molecule has 7 rings (SSSR count). The molecule has 2 N–H and O–H groups in total. The number of hydrogen-bond donors (Lipinski definition) is 2. The first-order chi connectivity index (χ1) is 19.5. The quantitative estimate of drug-likeness (QED) is 0.250. The summed E-state index contributed by atoms with van der Waals surface area (Å²) in [4.78, 5) is 12.4. The number of H-pyrrole nitrogens is 1. The van der Waals surface area contributed by atoms with E-state index in [0.717, 1.165) is 85.8 Å². The van der Waals surface area contributed by atoms with Crippen LogP contribution in [0.15, 0.2) is 18.3 Å². The summed E-state index contributed by atoms with van der Waals surface area (Å²) in [5.41, 5.74) is 4.85. The molecule has 1 saturated carbocycles. The average Bonchev–Trinajstić information content (AvgIpc) is 3.32. The zero-order valence-corrected chi connectivity index (χ0v) is 26.8. The molecule has 3 radical (unpaired) electrons. The third-order valence-electron chi connectivity index (χ3n) is 8.54. The van der Waals surface area contributed by atoms with Gasteiger partial charge in [0.15, 0.2) is 0 Å². The van der Waals surface area contributed by atoms with Crippen molar-refractivity contribution in [2.24, 2.45) is 0 Å². The second-order valence-electron chi connectivity index (χ2n) is 11.2. The van der Waals surface area contributed by atoms with E-state index in [0.29, 0.717) is 57.1 Å². The Hall–Kier alpha value is -2.58. The molecule has 40 heavy (non-hydrogen) atoms. The van der Waals surface area contributed by atoms with Gasteiger partial charge < -0.3 is 0 Å². The number of ether oxygens (including phenoxy) is 3. The number of benzene rings is 2. The molecule has 207 valence electrons. The van der Waals surface area contributed by atoms with E-state index in [-0.39, 0.29) is 11.9 Å². The molecular weight excluding hydrogens is 707 g/mol. The second-order valence-corrected chi connectivity index (χ2v) is 12.3. The molecule has 0 amide bonds. The van der Waals surface area contributed by atoms with E-state index in [1.807, 2.05) is 13.8 Å². The van der Waals surface area contributed by atoms with Gasteiger partial charge in [-0.3, -0.25) is 0 Å². The van der Waals surface area contributed by atoms with Crippen molar-refractivity contribution in [3.8, 4) is 22.9 Å². The third kappa shape index (κ3) is 4.42. The van der Waals surface area contributed by atoms with Crippen molar-refractivity contribution in [3.63, 3.8) is 0 Å². The molecule has 2 aromatic heterocycles. The van der Waals surface area contributed by atoms with Gasteiger partial charge in [-0.25, -0.2) is 0 Å². The van der Waals surface area contributed by atoms with Crippen LogP contribution in [0.4, 0.5) is 10.2 Å². The standard InChI is InChI=1S/C29H32FN6O3.Pb/c1-14(37-3)13-39-29-33-26-20(28(34-29)36-12-17-7-18(36)10-31-17)8-19(16-5-6-16)25(27(26)38-4)24-15(2)22(30)9-23-21(24)11-32-35-23;/h8-9,11,14,16-18,31H,4-7,10,12-13H2,1-3H3,(H,32,35);. The van der Waals surface area contributed by atoms with E-state index in [4.69, 9.17) is 24.2 Å². The summed E-state index contributed by atoms with van der Waals surface area (Å²) in [6.45, 7) is 5.94. The minimum atomic E-state index is -0.271. The third-order valence-corrected chi connectivity index (χ3v) is 9.10. The fourth-order valence-corrected chi connectivity index (χ4v) is 6.82. The van der Waals surface area contributed by atoms with Crippen LogP contribution in [0.5, 0.6) is 11.8 Å². The summed E-state index contributed by atoms with van der Waals surface area (Å²) in [6.07, 6.45) is 4.95. The van der Waals surface area contributed by atoms with Gasteiger partial charge in [-0.2, -0.15) is 0 Å². The molecule has 2 saturated heterocycles. The average molecular weight is 739 g/mol. The van der Waals surface area contributed by atoms with Gasteiger partial charge in [-0.05, 0) is 0 Å². The molecule has 3 aliphatic rings. The molecule has 2 aromatic carbocycles. The number of nitrogens with one attached hydrogen (secondary N) is 2. The Balaban J connectivity index is 1.52. The van der Waals surface area contributed by atoms with E-state index in [1.54, 1.807) is 13.3 Å². The molecule has 9 nitrogen and oxygen atoms in total. The first kappa shape index (κ1) is 26.3. The van der Waals surface area contributed by atoms with Crippen molar-refractivity contribution in [2.45, 2.75) is 57.2 Å². The summed E-state index contributed by atoms with van der Waals surface area (Å²) in [6, 6.07) is 4.89. The van der Waals surface area contributed by atoms with Crippen LogP contribution in [0.2, 0.25) is 0 Å². The van der Waals surface area contributed by atoms with Crippen LogP contribution in [-0.4, -0.2) is 95.1 Å². The van der Waals surface area contributed by atoms with E-state index in [9.17, 15) is 0 Å². The van der Waals surface area contributed by atoms with E-state index < -0.39 is 0 Å². The molecular formula is C29H32FN6O3Pb. The van der Waals surface area contributed by atoms with Gasteiger partial charge in [-0.15, -0.1) is 0 Å². The Labute approximate surface area is 247 Å². The number of aromatic nitrogens is 4. The van der Waals surface area contributed by atoms with E-state index >= 15 is 4.39 Å². The number of piperazine rings is 1. The maximum absolute atomic E-state index is 15.3. The van der Waals surface area contributed by atoms with Crippen molar-refractivity contribution in [2.75, 3.05) is 35.9 Å². The van der Waals surface area contributed by atoms with Crippen molar-refractivity contribution >= 4 is 53.4 Å². The van der Waals surface area contributed by atoms with Crippen LogP contribution in [0.3, 0.4) is 0 Å². The SMILES string of the molecule is COC(C)COc1nc(N2CC3CC2CN3)c2cc(C3CC3)c(-c3c(C)c(F)cc4[nH]ncc34)c(O[CH2][Pb])c2n1. The van der Waals surface area contributed by atoms with Crippen LogP contribution in [-0.2, 0) is 4.74 Å². The normalized spacial score (nSPS) is 21.1. The van der Waals surface area contributed by atoms with Gasteiger partial charge in [0.05, 0.1) is 0 Å². The number of rotatable bonds is 9.